The van der Waals surface area contributed by atoms with Crippen molar-refractivity contribution in [3.05, 3.63) is 64.9 Å². The first-order valence-corrected chi connectivity index (χ1v) is 5.69. The van der Waals surface area contributed by atoms with Gasteiger partial charge in [-0.2, -0.15) is 0 Å². The van der Waals surface area contributed by atoms with E-state index in [2.05, 4.69) is 11.1 Å². The summed E-state index contributed by atoms with van der Waals surface area (Å²) in [5.41, 5.74) is 5.79. The molecular weight excluding hydrogens is 210 g/mol. The lowest BCUT2D eigenvalue weighted by molar-refractivity contribution is 0.104. The van der Waals surface area contributed by atoms with Crippen LogP contribution in [0.2, 0.25) is 0 Å². The third kappa shape index (κ3) is 0.998. The summed E-state index contributed by atoms with van der Waals surface area (Å²) in [4.78, 5) is 16.7. The Morgan fingerprint density at radius 2 is 1.94 bits per heavy atom. The molecule has 2 nitrogen and oxygen atoms in total. The number of benzene rings is 1. The molecule has 0 atom stereocenters. The van der Waals surface area contributed by atoms with Crippen molar-refractivity contribution in [2.75, 3.05) is 0 Å². The Kier molecular flexibility index (Phi) is 1.52. The zero-order valence-corrected chi connectivity index (χ0v) is 9.10. The maximum atomic E-state index is 12.4. The van der Waals surface area contributed by atoms with Gasteiger partial charge in [0, 0.05) is 11.8 Å². The van der Waals surface area contributed by atoms with Crippen molar-refractivity contribution < 1.29 is 4.79 Å². The number of aliphatic imine (C=N–C) groups is 1. The minimum Gasteiger partial charge on any atom is -0.288 e. The van der Waals surface area contributed by atoms with Gasteiger partial charge in [-0.3, -0.25) is 9.79 Å². The van der Waals surface area contributed by atoms with E-state index in [9.17, 15) is 4.79 Å². The second kappa shape index (κ2) is 2.92. The number of hydrogen-bond donors (Lipinski definition) is 0. The number of carbonyl (C=O) groups is 1. The van der Waals surface area contributed by atoms with Crippen molar-refractivity contribution in [1.29, 1.82) is 0 Å². The van der Waals surface area contributed by atoms with Gasteiger partial charge in [-0.1, -0.05) is 30.3 Å². The van der Waals surface area contributed by atoms with Crippen molar-refractivity contribution in [2.45, 2.75) is 6.42 Å². The van der Waals surface area contributed by atoms with Crippen molar-refractivity contribution in [3.63, 3.8) is 0 Å². The number of Topliss-reactive ketones (excluding diaryl/α,β-unsaturated/α-hetero) is 1. The molecular formula is C15H9NO. The maximum Gasteiger partial charge on any atom is 0.196 e. The normalized spacial score (nSPS) is 19.9. The van der Waals surface area contributed by atoms with E-state index in [0.717, 1.165) is 40.0 Å². The first kappa shape index (κ1) is 8.88. The second-order valence-corrected chi connectivity index (χ2v) is 4.39. The van der Waals surface area contributed by atoms with E-state index >= 15 is 0 Å². The van der Waals surface area contributed by atoms with Gasteiger partial charge < -0.3 is 0 Å². The van der Waals surface area contributed by atoms with Crippen LogP contribution in [0.3, 0.4) is 0 Å². The van der Waals surface area contributed by atoms with E-state index in [1.165, 1.54) is 0 Å². The van der Waals surface area contributed by atoms with Gasteiger partial charge >= 0.3 is 0 Å². The number of nitrogens with zero attached hydrogens (tertiary/aromatic N) is 1. The van der Waals surface area contributed by atoms with Gasteiger partial charge in [0.15, 0.2) is 5.78 Å². The molecule has 1 heterocycles. The summed E-state index contributed by atoms with van der Waals surface area (Å²) in [6.07, 6.45) is 6.72. The average Bonchev–Trinajstić information content (AvgIpc) is 2.93. The van der Waals surface area contributed by atoms with Crippen LogP contribution in [0, 0.1) is 0 Å². The quantitative estimate of drug-likeness (QED) is 0.659. The Morgan fingerprint density at radius 3 is 2.82 bits per heavy atom. The Morgan fingerprint density at radius 1 is 1.12 bits per heavy atom. The Bertz CT molecular complexity index is 687. The van der Waals surface area contributed by atoms with Crippen molar-refractivity contribution in [1.82, 2.24) is 0 Å². The zero-order chi connectivity index (χ0) is 11.4. The van der Waals surface area contributed by atoms with Crippen LogP contribution in [0.1, 0.15) is 22.3 Å². The lowest BCUT2D eigenvalue weighted by Crippen LogP contribution is -2.13. The van der Waals surface area contributed by atoms with Crippen LogP contribution in [-0.4, -0.2) is 11.5 Å². The van der Waals surface area contributed by atoms with E-state index in [-0.39, 0.29) is 5.78 Å². The van der Waals surface area contributed by atoms with Crippen LogP contribution in [0.5, 0.6) is 0 Å². The molecule has 0 amide bonds. The van der Waals surface area contributed by atoms with E-state index in [1.54, 1.807) is 6.20 Å². The predicted molar refractivity (Wildman–Crippen MR) is 67.0 cm³/mol. The molecule has 0 saturated heterocycles. The van der Waals surface area contributed by atoms with E-state index in [1.807, 2.05) is 30.3 Å². The van der Waals surface area contributed by atoms with Crippen LogP contribution in [0.4, 0.5) is 0 Å². The van der Waals surface area contributed by atoms with E-state index < -0.39 is 0 Å². The highest BCUT2D eigenvalue weighted by Crippen LogP contribution is 2.40. The van der Waals surface area contributed by atoms with Crippen molar-refractivity contribution in [3.8, 4) is 0 Å². The summed E-state index contributed by atoms with van der Waals surface area (Å²) >= 11 is 0. The fourth-order valence-electron chi connectivity index (χ4n) is 2.74. The number of hydrogen-bond acceptors (Lipinski definition) is 2. The molecule has 0 unspecified atom stereocenters. The predicted octanol–water partition coefficient (Wildman–Crippen LogP) is 2.93. The van der Waals surface area contributed by atoms with Gasteiger partial charge in [0.05, 0.1) is 11.3 Å². The fourth-order valence-corrected chi connectivity index (χ4v) is 2.74. The summed E-state index contributed by atoms with van der Waals surface area (Å²) in [5.74, 6) is 0.128. The highest BCUT2D eigenvalue weighted by molar-refractivity contribution is 6.41. The molecule has 80 valence electrons. The summed E-state index contributed by atoms with van der Waals surface area (Å²) < 4.78 is 0. The molecule has 0 spiro atoms. The van der Waals surface area contributed by atoms with Crippen LogP contribution in [0.15, 0.2) is 58.8 Å². The molecule has 0 N–H and O–H groups in total. The molecule has 0 radical (unpaired) electrons. The first-order valence-electron chi connectivity index (χ1n) is 5.69. The molecule has 1 aliphatic heterocycles. The molecule has 0 saturated carbocycles. The van der Waals surface area contributed by atoms with Crippen LogP contribution < -0.4 is 0 Å². The first-order chi connectivity index (χ1) is 8.36. The molecule has 4 rings (SSSR count). The summed E-state index contributed by atoms with van der Waals surface area (Å²) in [5, 5.41) is 0. The molecule has 1 aromatic carbocycles. The lowest BCUT2D eigenvalue weighted by atomic mass is 9.90. The molecule has 2 aliphatic carbocycles. The number of ketones is 1. The van der Waals surface area contributed by atoms with E-state index in [4.69, 9.17) is 0 Å². The van der Waals surface area contributed by atoms with Crippen molar-refractivity contribution >= 4 is 17.1 Å². The van der Waals surface area contributed by atoms with Gasteiger partial charge in [0.1, 0.15) is 0 Å². The number of rotatable bonds is 0. The molecule has 3 aliphatic rings. The highest BCUT2D eigenvalue weighted by atomic mass is 16.1. The molecule has 0 aromatic heterocycles. The number of fused-ring (bicyclic) bond motifs is 4. The van der Waals surface area contributed by atoms with Gasteiger partial charge in [-0.15, -0.1) is 0 Å². The van der Waals surface area contributed by atoms with Gasteiger partial charge in [0.25, 0.3) is 0 Å². The van der Waals surface area contributed by atoms with Crippen LogP contribution >= 0.6 is 0 Å². The van der Waals surface area contributed by atoms with Gasteiger partial charge in [-0.05, 0) is 29.2 Å². The standard InChI is InChI=1S/C15H9NO/c17-15-12-4-2-1-3-10(12)11-6-5-9-7-8-16-14(9)13(11)15/h1-5,7-8H,6H2. The number of carbonyl (C=O) groups excluding carboxylic acids is 1. The Balaban J connectivity index is 1.99. The monoisotopic (exact) mass is 219 g/mol. The molecule has 2 heteroatoms. The third-order valence-electron chi connectivity index (χ3n) is 3.52. The number of allylic oxidation sites excluding steroid dienone is 5. The second-order valence-electron chi connectivity index (χ2n) is 4.39. The van der Waals surface area contributed by atoms with Crippen molar-refractivity contribution in [2.24, 2.45) is 4.99 Å². The topological polar surface area (TPSA) is 29.4 Å². The van der Waals surface area contributed by atoms with Crippen LogP contribution in [0.25, 0.3) is 5.57 Å². The summed E-state index contributed by atoms with van der Waals surface area (Å²) in [6, 6.07) is 7.82. The zero-order valence-electron chi connectivity index (χ0n) is 9.10. The molecule has 0 fully saturated rings. The highest BCUT2D eigenvalue weighted by Gasteiger charge is 2.35. The molecule has 1 aromatic rings. The maximum absolute atomic E-state index is 12.4. The minimum absolute atomic E-state index is 0.128. The van der Waals surface area contributed by atoms with E-state index in [0.29, 0.717) is 0 Å². The Hall–Kier alpha value is -2.22. The molecule has 0 bridgehead atoms. The lowest BCUT2D eigenvalue weighted by Gasteiger charge is -2.12. The largest absolute Gasteiger partial charge is 0.288 e. The summed E-state index contributed by atoms with van der Waals surface area (Å²) in [7, 11) is 0. The average molecular weight is 219 g/mol. The smallest absolute Gasteiger partial charge is 0.196 e. The summed E-state index contributed by atoms with van der Waals surface area (Å²) in [6.45, 7) is 0. The fraction of sp³-hybridized carbons (Fsp3) is 0.0667. The third-order valence-corrected chi connectivity index (χ3v) is 3.52. The van der Waals surface area contributed by atoms with Crippen LogP contribution in [-0.2, 0) is 0 Å². The SMILES string of the molecule is O=C1C2=C(CC=C3C=CN=C32)c2ccccc21. The minimum atomic E-state index is 0.128. The van der Waals surface area contributed by atoms with Gasteiger partial charge in [-0.25, -0.2) is 0 Å². The Labute approximate surface area is 98.7 Å². The van der Waals surface area contributed by atoms with Gasteiger partial charge in [0.2, 0.25) is 0 Å². The molecule has 17 heavy (non-hydrogen) atoms.